The van der Waals surface area contributed by atoms with E-state index in [0.29, 0.717) is 35.9 Å². The van der Waals surface area contributed by atoms with Gasteiger partial charge in [0.15, 0.2) is 0 Å². The van der Waals surface area contributed by atoms with Crippen LogP contribution in [0.5, 0.6) is 0 Å². The maximum atomic E-state index is 13.2. The van der Waals surface area contributed by atoms with Crippen molar-refractivity contribution in [3.05, 3.63) is 89.4 Å². The fraction of sp³-hybridized carbons (Fsp3) is 0.276. The third-order valence-corrected chi connectivity index (χ3v) is 6.61. The van der Waals surface area contributed by atoms with Gasteiger partial charge in [0.1, 0.15) is 0 Å². The Kier molecular flexibility index (Phi) is 6.98. The van der Waals surface area contributed by atoms with E-state index in [0.717, 1.165) is 47.5 Å². The van der Waals surface area contributed by atoms with Crippen molar-refractivity contribution in [2.24, 2.45) is 0 Å². The van der Waals surface area contributed by atoms with E-state index in [1.54, 1.807) is 18.3 Å². The lowest BCUT2D eigenvalue weighted by atomic mass is 9.91. The molecule has 0 bridgehead atoms. The lowest BCUT2D eigenvalue weighted by Gasteiger charge is -2.25. The number of nitrogens with one attached hydrogen (secondary N) is 1. The van der Waals surface area contributed by atoms with Crippen LogP contribution >= 0.6 is 0 Å². The van der Waals surface area contributed by atoms with Crippen LogP contribution in [0, 0.1) is 0 Å². The zero-order valence-corrected chi connectivity index (χ0v) is 20.0. The molecule has 2 aromatic carbocycles. The van der Waals surface area contributed by atoms with E-state index in [-0.39, 0.29) is 18.4 Å². The molecule has 182 valence electrons. The van der Waals surface area contributed by atoms with E-state index in [9.17, 15) is 9.59 Å². The molecular weight excluding hydrogens is 452 g/mol. The number of nitrogens with zero attached hydrogens (tertiary/aromatic N) is 3. The molecule has 2 heterocycles. The number of amides is 1. The lowest BCUT2D eigenvalue weighted by Crippen LogP contribution is -2.31. The minimum atomic E-state index is -0.796. The summed E-state index contributed by atoms with van der Waals surface area (Å²) < 4.78 is 0. The van der Waals surface area contributed by atoms with Crippen LogP contribution in [0.4, 0.5) is 0 Å². The Bertz CT molecular complexity index is 1400. The number of carboxylic acid groups (broad SMARTS) is 1. The van der Waals surface area contributed by atoms with Crippen LogP contribution in [-0.4, -0.2) is 31.9 Å². The molecular formula is C29H28N4O3. The van der Waals surface area contributed by atoms with Crippen LogP contribution in [0.25, 0.3) is 22.3 Å². The molecule has 7 heteroatoms. The Morgan fingerprint density at radius 1 is 0.972 bits per heavy atom. The number of aromatic nitrogens is 3. The van der Waals surface area contributed by atoms with Gasteiger partial charge in [-0.3, -0.25) is 14.6 Å². The number of carboxylic acids is 1. The van der Waals surface area contributed by atoms with Crippen molar-refractivity contribution in [2.45, 2.75) is 51.0 Å². The molecule has 5 rings (SSSR count). The Morgan fingerprint density at radius 2 is 1.83 bits per heavy atom. The molecule has 0 saturated heterocycles. The van der Waals surface area contributed by atoms with Gasteiger partial charge in [-0.15, -0.1) is 0 Å². The Morgan fingerprint density at radius 3 is 2.67 bits per heavy atom. The van der Waals surface area contributed by atoms with Gasteiger partial charge in [0, 0.05) is 29.4 Å². The standard InChI is InChI=1S/C29H28N4O3/c34-27(35)14-5-4-11-25-28(19-8-2-1-3-9-19)32-24-16-15-20(18-26(24)31-25)29(36)33-23-13-6-12-22-21(23)10-7-17-30-22/h1-3,7-10,15-18,23H,4-6,11-14H2,(H,33,36)(H,34,35)/t23-/m1/s1. The Hall–Kier alpha value is -4.13. The molecule has 1 atom stereocenters. The topological polar surface area (TPSA) is 105 Å². The molecule has 1 aliphatic rings. The lowest BCUT2D eigenvalue weighted by molar-refractivity contribution is -0.137. The summed E-state index contributed by atoms with van der Waals surface area (Å²) in [6, 6.07) is 19.2. The molecule has 1 amide bonds. The zero-order chi connectivity index (χ0) is 24.9. The number of rotatable bonds is 8. The predicted molar refractivity (Wildman–Crippen MR) is 138 cm³/mol. The summed E-state index contributed by atoms with van der Waals surface area (Å²) in [6.07, 6.45) is 6.63. The molecule has 0 radical (unpaired) electrons. The van der Waals surface area contributed by atoms with Gasteiger partial charge in [0.05, 0.1) is 28.5 Å². The maximum absolute atomic E-state index is 13.2. The molecule has 7 nitrogen and oxygen atoms in total. The highest BCUT2D eigenvalue weighted by Crippen LogP contribution is 2.29. The molecule has 2 N–H and O–H groups in total. The number of pyridine rings is 1. The van der Waals surface area contributed by atoms with E-state index < -0.39 is 5.97 Å². The van der Waals surface area contributed by atoms with Gasteiger partial charge in [0.25, 0.3) is 5.91 Å². The van der Waals surface area contributed by atoms with E-state index in [1.165, 1.54) is 0 Å². The average Bonchev–Trinajstić information content (AvgIpc) is 2.91. The first-order chi connectivity index (χ1) is 17.6. The fourth-order valence-electron chi connectivity index (χ4n) is 4.80. The maximum Gasteiger partial charge on any atom is 0.303 e. The molecule has 2 aromatic heterocycles. The second-order valence-electron chi connectivity index (χ2n) is 9.15. The van der Waals surface area contributed by atoms with E-state index in [4.69, 9.17) is 15.1 Å². The number of fused-ring (bicyclic) bond motifs is 2. The van der Waals surface area contributed by atoms with Crippen LogP contribution < -0.4 is 5.32 Å². The largest absolute Gasteiger partial charge is 0.481 e. The number of aliphatic carboxylic acids is 1. The summed E-state index contributed by atoms with van der Waals surface area (Å²) in [5.41, 5.74) is 6.62. The van der Waals surface area contributed by atoms with Gasteiger partial charge in [-0.2, -0.15) is 0 Å². The summed E-state index contributed by atoms with van der Waals surface area (Å²) in [7, 11) is 0. The summed E-state index contributed by atoms with van der Waals surface area (Å²) in [5, 5.41) is 12.1. The van der Waals surface area contributed by atoms with E-state index in [1.807, 2.05) is 48.5 Å². The fourth-order valence-corrected chi connectivity index (χ4v) is 4.80. The zero-order valence-electron chi connectivity index (χ0n) is 20.0. The Labute approximate surface area is 209 Å². The number of unbranched alkanes of at least 4 members (excludes halogenated alkanes) is 1. The van der Waals surface area contributed by atoms with E-state index in [2.05, 4.69) is 10.3 Å². The van der Waals surface area contributed by atoms with Gasteiger partial charge >= 0.3 is 5.97 Å². The number of hydrogen-bond donors (Lipinski definition) is 2. The molecule has 0 unspecified atom stereocenters. The number of carbonyl (C=O) groups is 2. The average molecular weight is 481 g/mol. The van der Waals surface area contributed by atoms with Gasteiger partial charge < -0.3 is 10.4 Å². The molecule has 1 aliphatic carbocycles. The van der Waals surface area contributed by atoms with Crippen molar-refractivity contribution < 1.29 is 14.7 Å². The Balaban J connectivity index is 1.42. The summed E-state index contributed by atoms with van der Waals surface area (Å²) >= 11 is 0. The SMILES string of the molecule is O=C(O)CCCCc1nc2cc(C(=O)N[C@@H]3CCCc4ncccc43)ccc2nc1-c1ccccc1. The first-order valence-corrected chi connectivity index (χ1v) is 12.4. The van der Waals surface area contributed by atoms with Gasteiger partial charge in [0.2, 0.25) is 0 Å². The first-order valence-electron chi connectivity index (χ1n) is 12.4. The third kappa shape index (κ3) is 5.25. The predicted octanol–water partition coefficient (Wildman–Crippen LogP) is 5.30. The second-order valence-corrected chi connectivity index (χ2v) is 9.15. The van der Waals surface area contributed by atoms with Gasteiger partial charge in [-0.1, -0.05) is 36.4 Å². The highest BCUT2D eigenvalue weighted by atomic mass is 16.4. The van der Waals surface area contributed by atoms with Crippen LogP contribution in [-0.2, 0) is 17.6 Å². The van der Waals surface area contributed by atoms with Crippen molar-refractivity contribution in [3.8, 4) is 11.3 Å². The van der Waals surface area contributed by atoms with Crippen LogP contribution in [0.2, 0.25) is 0 Å². The minimum Gasteiger partial charge on any atom is -0.481 e. The van der Waals surface area contributed by atoms with Crippen LogP contribution in [0.3, 0.4) is 0 Å². The van der Waals surface area contributed by atoms with Crippen LogP contribution in [0.1, 0.15) is 65.5 Å². The highest BCUT2D eigenvalue weighted by Gasteiger charge is 2.23. The molecule has 36 heavy (non-hydrogen) atoms. The molecule has 0 saturated carbocycles. The van der Waals surface area contributed by atoms with Gasteiger partial charge in [-0.05, 0) is 68.4 Å². The smallest absolute Gasteiger partial charge is 0.303 e. The quantitative estimate of drug-likeness (QED) is 0.332. The number of benzene rings is 2. The highest BCUT2D eigenvalue weighted by molar-refractivity contribution is 5.97. The summed E-state index contributed by atoms with van der Waals surface area (Å²) in [5.74, 6) is -0.939. The van der Waals surface area contributed by atoms with Crippen molar-refractivity contribution in [2.75, 3.05) is 0 Å². The number of hydrogen-bond acceptors (Lipinski definition) is 5. The number of carbonyl (C=O) groups excluding carboxylic acids is 1. The molecule has 0 spiro atoms. The second kappa shape index (κ2) is 10.6. The summed E-state index contributed by atoms with van der Waals surface area (Å²) in [4.78, 5) is 38.3. The molecule has 0 fully saturated rings. The third-order valence-electron chi connectivity index (χ3n) is 6.61. The van der Waals surface area contributed by atoms with Crippen molar-refractivity contribution in [1.82, 2.24) is 20.3 Å². The number of aryl methyl sites for hydroxylation is 2. The van der Waals surface area contributed by atoms with Crippen molar-refractivity contribution in [3.63, 3.8) is 0 Å². The van der Waals surface area contributed by atoms with Gasteiger partial charge in [-0.25, -0.2) is 9.97 Å². The molecule has 4 aromatic rings. The first kappa shape index (κ1) is 23.6. The minimum absolute atomic E-state index is 0.0537. The van der Waals surface area contributed by atoms with Crippen molar-refractivity contribution in [1.29, 1.82) is 0 Å². The van der Waals surface area contributed by atoms with Crippen molar-refractivity contribution >= 4 is 22.9 Å². The summed E-state index contributed by atoms with van der Waals surface area (Å²) in [6.45, 7) is 0. The molecule has 0 aliphatic heterocycles. The van der Waals surface area contributed by atoms with E-state index >= 15 is 0 Å². The monoisotopic (exact) mass is 480 g/mol. The normalized spacial score (nSPS) is 14.8. The van der Waals surface area contributed by atoms with Crippen LogP contribution in [0.15, 0.2) is 66.9 Å².